The topological polar surface area (TPSA) is 79.3 Å². The normalized spacial score (nSPS) is 13.2. The van der Waals surface area contributed by atoms with Crippen molar-refractivity contribution < 1.29 is 13.5 Å². The van der Waals surface area contributed by atoms with Gasteiger partial charge in [-0.1, -0.05) is 6.07 Å². The summed E-state index contributed by atoms with van der Waals surface area (Å²) >= 11 is 1.46. The second kappa shape index (κ2) is 6.94. The maximum absolute atomic E-state index is 11.8. The van der Waals surface area contributed by atoms with E-state index in [9.17, 15) is 13.5 Å². The Labute approximate surface area is 122 Å². The molecular weight excluding hydrogens is 296 g/mol. The third kappa shape index (κ3) is 4.68. The molecule has 0 radical (unpaired) electrons. The number of nitrogens with one attached hydrogen (secondary N) is 1. The van der Waals surface area contributed by atoms with Crippen molar-refractivity contribution in [2.24, 2.45) is 0 Å². The Balaban J connectivity index is 1.82. The van der Waals surface area contributed by atoms with E-state index in [0.717, 1.165) is 11.3 Å². The van der Waals surface area contributed by atoms with Crippen LogP contribution in [0.5, 0.6) is 0 Å². The number of nitrogens with zero attached hydrogens (tertiary/aromatic N) is 1. The van der Waals surface area contributed by atoms with Crippen molar-refractivity contribution in [3.05, 3.63) is 52.5 Å². The Kier molecular flexibility index (Phi) is 5.24. The van der Waals surface area contributed by atoms with Gasteiger partial charge in [-0.15, -0.1) is 0 Å². The van der Waals surface area contributed by atoms with Crippen LogP contribution in [0, 0.1) is 0 Å². The van der Waals surface area contributed by atoms with Crippen molar-refractivity contribution in [1.29, 1.82) is 0 Å². The third-order valence-electron chi connectivity index (χ3n) is 2.78. The Morgan fingerprint density at radius 3 is 2.85 bits per heavy atom. The van der Waals surface area contributed by atoms with E-state index in [1.54, 1.807) is 29.8 Å². The van der Waals surface area contributed by atoms with E-state index in [4.69, 9.17) is 0 Å². The van der Waals surface area contributed by atoms with Gasteiger partial charge < -0.3 is 5.11 Å². The molecule has 2 aromatic rings. The number of sulfonamides is 1. The zero-order valence-corrected chi connectivity index (χ0v) is 12.4. The monoisotopic (exact) mass is 312 g/mol. The number of rotatable bonds is 7. The van der Waals surface area contributed by atoms with Crippen LogP contribution in [-0.2, 0) is 16.4 Å². The first-order chi connectivity index (χ1) is 9.57. The Hall–Kier alpha value is -1.28. The van der Waals surface area contributed by atoms with Crippen molar-refractivity contribution >= 4 is 21.4 Å². The van der Waals surface area contributed by atoms with Crippen LogP contribution in [0.15, 0.2) is 41.2 Å². The average Bonchev–Trinajstić information content (AvgIpc) is 2.98. The van der Waals surface area contributed by atoms with Gasteiger partial charge in [0.05, 0.1) is 11.9 Å². The molecule has 2 aromatic heterocycles. The minimum atomic E-state index is -3.41. The number of hydrogen-bond donors (Lipinski definition) is 2. The van der Waals surface area contributed by atoms with Crippen LogP contribution < -0.4 is 4.72 Å². The largest absolute Gasteiger partial charge is 0.387 e. The van der Waals surface area contributed by atoms with E-state index in [0.29, 0.717) is 6.42 Å². The predicted molar refractivity (Wildman–Crippen MR) is 79.0 cm³/mol. The van der Waals surface area contributed by atoms with Gasteiger partial charge in [-0.3, -0.25) is 4.98 Å². The molecule has 0 aromatic carbocycles. The fraction of sp³-hybridized carbons (Fsp3) is 0.308. The van der Waals surface area contributed by atoms with E-state index >= 15 is 0 Å². The van der Waals surface area contributed by atoms with E-state index in [1.165, 1.54) is 11.3 Å². The summed E-state index contributed by atoms with van der Waals surface area (Å²) in [4.78, 5) is 4.08. The van der Waals surface area contributed by atoms with E-state index in [2.05, 4.69) is 9.71 Å². The first-order valence-electron chi connectivity index (χ1n) is 6.14. The first kappa shape index (κ1) is 15.1. The second-order valence-electron chi connectivity index (χ2n) is 4.31. The van der Waals surface area contributed by atoms with Crippen LogP contribution >= 0.6 is 11.3 Å². The molecule has 20 heavy (non-hydrogen) atoms. The average molecular weight is 312 g/mol. The molecule has 0 fully saturated rings. The minimum absolute atomic E-state index is 0.0126. The van der Waals surface area contributed by atoms with Gasteiger partial charge in [-0.25, -0.2) is 13.1 Å². The van der Waals surface area contributed by atoms with Gasteiger partial charge in [-0.2, -0.15) is 11.3 Å². The summed E-state index contributed by atoms with van der Waals surface area (Å²) < 4.78 is 26.1. The smallest absolute Gasteiger partial charge is 0.212 e. The fourth-order valence-corrected chi connectivity index (χ4v) is 3.39. The van der Waals surface area contributed by atoms with Gasteiger partial charge >= 0.3 is 0 Å². The van der Waals surface area contributed by atoms with Crippen LogP contribution in [0.3, 0.4) is 0 Å². The van der Waals surface area contributed by atoms with E-state index < -0.39 is 16.1 Å². The number of aryl methyl sites for hydroxylation is 1. The van der Waals surface area contributed by atoms with Crippen LogP contribution in [0.25, 0.3) is 0 Å². The molecule has 0 spiro atoms. The molecule has 0 bridgehead atoms. The Bertz CT molecular complexity index is 612. The maximum Gasteiger partial charge on any atom is 0.212 e. The summed E-state index contributed by atoms with van der Waals surface area (Å²) in [6.45, 7) is -0.0126. The molecule has 0 aliphatic carbocycles. The zero-order chi connectivity index (χ0) is 14.4. The minimum Gasteiger partial charge on any atom is -0.387 e. The lowest BCUT2D eigenvalue weighted by molar-refractivity contribution is 0.182. The van der Waals surface area contributed by atoms with Crippen molar-refractivity contribution in [2.45, 2.75) is 12.5 Å². The standard InChI is InChI=1S/C13H16N2O3S2/c16-13(11-4-7-19-10-11)9-15-20(17,18)8-5-12-3-1-2-6-14-12/h1-4,6-7,10,13,15-16H,5,8-9H2. The lowest BCUT2D eigenvalue weighted by atomic mass is 10.2. The van der Waals surface area contributed by atoms with Crippen molar-refractivity contribution in [1.82, 2.24) is 9.71 Å². The molecule has 1 unspecified atom stereocenters. The van der Waals surface area contributed by atoms with E-state index in [1.807, 2.05) is 11.4 Å². The quantitative estimate of drug-likeness (QED) is 0.808. The van der Waals surface area contributed by atoms with Crippen molar-refractivity contribution in [3.8, 4) is 0 Å². The molecule has 2 heterocycles. The molecule has 2 N–H and O–H groups in total. The lowest BCUT2D eigenvalue weighted by Gasteiger charge is -2.11. The number of aliphatic hydroxyl groups is 1. The molecule has 0 saturated carbocycles. The van der Waals surface area contributed by atoms with Crippen LogP contribution in [-0.4, -0.2) is 30.8 Å². The molecule has 0 aliphatic rings. The first-order valence-corrected chi connectivity index (χ1v) is 8.74. The molecule has 0 saturated heterocycles. The van der Waals surface area contributed by atoms with Crippen LogP contribution in [0.1, 0.15) is 17.4 Å². The number of thiophene rings is 1. The third-order valence-corrected chi connectivity index (χ3v) is 4.83. The highest BCUT2D eigenvalue weighted by molar-refractivity contribution is 7.89. The zero-order valence-electron chi connectivity index (χ0n) is 10.8. The molecule has 108 valence electrons. The molecule has 1 atom stereocenters. The van der Waals surface area contributed by atoms with Gasteiger partial charge in [0, 0.05) is 24.9 Å². The molecule has 2 rings (SSSR count). The fourth-order valence-electron chi connectivity index (χ4n) is 1.65. The highest BCUT2D eigenvalue weighted by Crippen LogP contribution is 2.15. The van der Waals surface area contributed by atoms with Gasteiger partial charge in [0.25, 0.3) is 0 Å². The number of aliphatic hydroxyl groups excluding tert-OH is 1. The number of pyridine rings is 1. The lowest BCUT2D eigenvalue weighted by Crippen LogP contribution is -2.31. The number of aromatic nitrogens is 1. The molecule has 5 nitrogen and oxygen atoms in total. The number of hydrogen-bond acceptors (Lipinski definition) is 5. The highest BCUT2D eigenvalue weighted by atomic mass is 32.2. The van der Waals surface area contributed by atoms with Crippen molar-refractivity contribution in [2.75, 3.05) is 12.3 Å². The summed E-state index contributed by atoms with van der Waals surface area (Å²) in [5, 5.41) is 13.5. The van der Waals surface area contributed by atoms with Crippen LogP contribution in [0.2, 0.25) is 0 Å². The summed E-state index contributed by atoms with van der Waals surface area (Å²) in [5.74, 6) is -0.0413. The van der Waals surface area contributed by atoms with Gasteiger partial charge in [0.1, 0.15) is 0 Å². The van der Waals surface area contributed by atoms with Gasteiger partial charge in [0.15, 0.2) is 0 Å². The highest BCUT2D eigenvalue weighted by Gasteiger charge is 2.14. The molecular formula is C13H16N2O3S2. The van der Waals surface area contributed by atoms with Crippen molar-refractivity contribution in [3.63, 3.8) is 0 Å². The summed E-state index contributed by atoms with van der Waals surface area (Å²) in [6, 6.07) is 7.17. The van der Waals surface area contributed by atoms with Gasteiger partial charge in [0.2, 0.25) is 10.0 Å². The summed E-state index contributed by atoms with van der Waals surface area (Å²) in [7, 11) is -3.41. The second-order valence-corrected chi connectivity index (χ2v) is 7.02. The maximum atomic E-state index is 11.8. The summed E-state index contributed by atoms with van der Waals surface area (Å²) in [5.41, 5.74) is 1.46. The molecule has 7 heteroatoms. The Morgan fingerprint density at radius 2 is 2.20 bits per heavy atom. The van der Waals surface area contributed by atoms with Crippen LogP contribution in [0.4, 0.5) is 0 Å². The predicted octanol–water partition coefficient (Wildman–Crippen LogP) is 1.34. The SMILES string of the molecule is O=S(=O)(CCc1ccccn1)NCC(O)c1ccsc1. The van der Waals surface area contributed by atoms with E-state index in [-0.39, 0.29) is 12.3 Å². The summed E-state index contributed by atoms with van der Waals surface area (Å²) in [6.07, 6.45) is 1.17. The molecule has 0 amide bonds. The van der Waals surface area contributed by atoms with Gasteiger partial charge in [-0.05, 0) is 34.5 Å². The molecule has 0 aliphatic heterocycles. The Morgan fingerprint density at radius 1 is 1.35 bits per heavy atom.